The van der Waals surface area contributed by atoms with Crippen molar-refractivity contribution in [2.24, 2.45) is 11.8 Å². The Morgan fingerprint density at radius 3 is 2.80 bits per heavy atom. The molecular weight excluding hydrogens is 340 g/mol. The topological polar surface area (TPSA) is 59.1 Å². The SMILES string of the molecule is O=S(=O)(CCc1ccccn1)NCC1CCCC1CBr. The molecule has 2 rings (SSSR count). The molecule has 1 N–H and O–H groups in total. The van der Waals surface area contributed by atoms with E-state index in [9.17, 15) is 8.42 Å². The summed E-state index contributed by atoms with van der Waals surface area (Å²) in [5.74, 6) is 1.18. The van der Waals surface area contributed by atoms with Crippen LogP contribution in [0.5, 0.6) is 0 Å². The average molecular weight is 361 g/mol. The number of rotatable bonds is 7. The van der Waals surface area contributed by atoms with Gasteiger partial charge < -0.3 is 0 Å². The first kappa shape index (κ1) is 15.9. The van der Waals surface area contributed by atoms with Gasteiger partial charge in [-0.05, 0) is 36.8 Å². The van der Waals surface area contributed by atoms with Gasteiger partial charge in [0, 0.05) is 30.2 Å². The summed E-state index contributed by atoms with van der Waals surface area (Å²) in [6, 6.07) is 5.56. The molecule has 112 valence electrons. The summed E-state index contributed by atoms with van der Waals surface area (Å²) in [5.41, 5.74) is 0.817. The Morgan fingerprint density at radius 1 is 1.30 bits per heavy atom. The fraction of sp³-hybridized carbons (Fsp3) is 0.643. The van der Waals surface area contributed by atoms with E-state index in [1.807, 2.05) is 18.2 Å². The normalized spacial score (nSPS) is 23.1. The van der Waals surface area contributed by atoms with Gasteiger partial charge in [0.05, 0.1) is 5.75 Å². The molecule has 0 aromatic carbocycles. The lowest BCUT2D eigenvalue weighted by molar-refractivity contribution is 0.422. The third-order valence-corrected chi connectivity index (χ3v) is 6.11. The van der Waals surface area contributed by atoms with Crippen LogP contribution in [0.15, 0.2) is 24.4 Å². The van der Waals surface area contributed by atoms with Crippen LogP contribution >= 0.6 is 15.9 Å². The van der Waals surface area contributed by atoms with Gasteiger partial charge in [0.15, 0.2) is 0 Å². The zero-order chi connectivity index (χ0) is 14.4. The largest absolute Gasteiger partial charge is 0.261 e. The average Bonchev–Trinajstić information content (AvgIpc) is 2.92. The van der Waals surface area contributed by atoms with E-state index in [1.165, 1.54) is 12.8 Å². The summed E-state index contributed by atoms with van der Waals surface area (Å²) in [6.45, 7) is 0.570. The van der Waals surface area contributed by atoms with Crippen molar-refractivity contribution in [3.05, 3.63) is 30.1 Å². The number of halogens is 1. The van der Waals surface area contributed by atoms with E-state index in [4.69, 9.17) is 0 Å². The van der Waals surface area contributed by atoms with Crippen molar-refractivity contribution in [1.82, 2.24) is 9.71 Å². The number of nitrogens with zero attached hydrogens (tertiary/aromatic N) is 1. The second kappa shape index (κ2) is 7.52. The van der Waals surface area contributed by atoms with E-state index in [0.29, 0.717) is 24.8 Å². The molecule has 2 unspecified atom stereocenters. The third-order valence-electron chi connectivity index (χ3n) is 3.93. The first-order valence-electron chi connectivity index (χ1n) is 7.04. The van der Waals surface area contributed by atoms with E-state index in [-0.39, 0.29) is 5.75 Å². The van der Waals surface area contributed by atoms with Crippen molar-refractivity contribution in [2.45, 2.75) is 25.7 Å². The van der Waals surface area contributed by atoms with E-state index in [2.05, 4.69) is 25.6 Å². The molecule has 0 bridgehead atoms. The van der Waals surface area contributed by atoms with Crippen LogP contribution in [0.4, 0.5) is 0 Å². The molecule has 0 saturated heterocycles. The maximum atomic E-state index is 12.0. The molecule has 1 aromatic heterocycles. The summed E-state index contributed by atoms with van der Waals surface area (Å²) in [7, 11) is -3.20. The molecule has 1 saturated carbocycles. The van der Waals surface area contributed by atoms with E-state index >= 15 is 0 Å². The van der Waals surface area contributed by atoms with Crippen molar-refractivity contribution in [1.29, 1.82) is 0 Å². The zero-order valence-electron chi connectivity index (χ0n) is 11.5. The summed E-state index contributed by atoms with van der Waals surface area (Å²) >= 11 is 3.51. The maximum Gasteiger partial charge on any atom is 0.211 e. The lowest BCUT2D eigenvalue weighted by Gasteiger charge is -2.17. The van der Waals surface area contributed by atoms with Gasteiger partial charge in [-0.2, -0.15) is 0 Å². The molecule has 1 heterocycles. The van der Waals surface area contributed by atoms with E-state index in [0.717, 1.165) is 17.4 Å². The quantitative estimate of drug-likeness (QED) is 0.759. The Bertz CT molecular complexity index is 507. The molecule has 1 aromatic rings. The van der Waals surface area contributed by atoms with Crippen molar-refractivity contribution in [2.75, 3.05) is 17.6 Å². The number of alkyl halides is 1. The van der Waals surface area contributed by atoms with Crippen LogP contribution in [-0.2, 0) is 16.4 Å². The van der Waals surface area contributed by atoms with Crippen LogP contribution in [0.25, 0.3) is 0 Å². The minimum absolute atomic E-state index is 0.107. The summed E-state index contributed by atoms with van der Waals surface area (Å²) < 4.78 is 26.8. The molecule has 0 amide bonds. The second-order valence-electron chi connectivity index (χ2n) is 5.34. The van der Waals surface area contributed by atoms with Crippen LogP contribution in [0.1, 0.15) is 25.0 Å². The van der Waals surface area contributed by atoms with Gasteiger partial charge in [0.2, 0.25) is 10.0 Å². The Morgan fingerprint density at radius 2 is 2.10 bits per heavy atom. The third kappa shape index (κ3) is 4.82. The Hall–Kier alpha value is -0.460. The fourth-order valence-corrected chi connectivity index (χ4v) is 4.62. The lowest BCUT2D eigenvalue weighted by atomic mass is 9.99. The van der Waals surface area contributed by atoms with Crippen molar-refractivity contribution >= 4 is 26.0 Å². The molecule has 6 heteroatoms. The molecule has 0 aliphatic heterocycles. The summed E-state index contributed by atoms with van der Waals surface area (Å²) in [4.78, 5) is 4.15. The Balaban J connectivity index is 1.79. The van der Waals surface area contributed by atoms with Crippen LogP contribution in [-0.4, -0.2) is 31.0 Å². The number of hydrogen-bond acceptors (Lipinski definition) is 3. The van der Waals surface area contributed by atoms with Gasteiger partial charge in [0.25, 0.3) is 0 Å². The van der Waals surface area contributed by atoms with Gasteiger partial charge in [-0.3, -0.25) is 4.98 Å². The molecule has 1 aliphatic carbocycles. The number of hydrogen-bond donors (Lipinski definition) is 1. The molecule has 0 radical (unpaired) electrons. The number of sulfonamides is 1. The smallest absolute Gasteiger partial charge is 0.211 e. The number of aryl methyl sites for hydroxylation is 1. The Labute approximate surface area is 129 Å². The fourth-order valence-electron chi connectivity index (χ4n) is 2.68. The van der Waals surface area contributed by atoms with Crippen molar-refractivity contribution < 1.29 is 8.42 Å². The molecule has 20 heavy (non-hydrogen) atoms. The summed E-state index contributed by atoms with van der Waals surface area (Å²) in [5, 5.41) is 0.966. The Kier molecular flexibility index (Phi) is 5.99. The highest BCUT2D eigenvalue weighted by Crippen LogP contribution is 2.32. The standard InChI is InChI=1S/C14H21BrN2O2S/c15-10-12-4-3-5-13(12)11-17-20(18,19)9-7-14-6-1-2-8-16-14/h1-2,6,8,12-13,17H,3-5,7,9-11H2. The van der Waals surface area contributed by atoms with Gasteiger partial charge in [0.1, 0.15) is 0 Å². The van der Waals surface area contributed by atoms with Crippen LogP contribution in [0, 0.1) is 11.8 Å². The molecule has 1 fully saturated rings. The van der Waals surface area contributed by atoms with Crippen LogP contribution < -0.4 is 4.72 Å². The second-order valence-corrected chi connectivity index (χ2v) is 7.92. The predicted octanol–water partition coefficient (Wildman–Crippen LogP) is 2.35. The van der Waals surface area contributed by atoms with Crippen molar-refractivity contribution in [3.63, 3.8) is 0 Å². The maximum absolute atomic E-state index is 12.0. The first-order chi connectivity index (χ1) is 9.61. The monoisotopic (exact) mass is 360 g/mol. The molecule has 4 nitrogen and oxygen atoms in total. The molecule has 1 aliphatic rings. The van der Waals surface area contributed by atoms with Crippen molar-refractivity contribution in [3.8, 4) is 0 Å². The number of pyridine rings is 1. The van der Waals surface area contributed by atoms with Gasteiger partial charge in [-0.15, -0.1) is 0 Å². The zero-order valence-corrected chi connectivity index (χ0v) is 13.9. The van der Waals surface area contributed by atoms with Crippen LogP contribution in [0.3, 0.4) is 0 Å². The lowest BCUT2D eigenvalue weighted by Crippen LogP contribution is -2.33. The highest BCUT2D eigenvalue weighted by Gasteiger charge is 2.27. The van der Waals surface area contributed by atoms with E-state index < -0.39 is 10.0 Å². The van der Waals surface area contributed by atoms with Gasteiger partial charge >= 0.3 is 0 Å². The minimum atomic E-state index is -3.20. The summed E-state index contributed by atoms with van der Waals surface area (Å²) in [6.07, 6.45) is 5.68. The highest BCUT2D eigenvalue weighted by atomic mass is 79.9. The van der Waals surface area contributed by atoms with E-state index in [1.54, 1.807) is 6.20 Å². The van der Waals surface area contributed by atoms with Gasteiger partial charge in [-0.25, -0.2) is 13.1 Å². The highest BCUT2D eigenvalue weighted by molar-refractivity contribution is 9.09. The first-order valence-corrected chi connectivity index (χ1v) is 9.81. The van der Waals surface area contributed by atoms with Crippen LogP contribution in [0.2, 0.25) is 0 Å². The predicted molar refractivity (Wildman–Crippen MR) is 84.4 cm³/mol. The number of nitrogens with one attached hydrogen (secondary N) is 1. The minimum Gasteiger partial charge on any atom is -0.261 e. The van der Waals surface area contributed by atoms with Gasteiger partial charge in [-0.1, -0.05) is 28.4 Å². The molecule has 0 spiro atoms. The number of aromatic nitrogens is 1. The molecule has 2 atom stereocenters. The molecular formula is C14H21BrN2O2S.